The summed E-state index contributed by atoms with van der Waals surface area (Å²) in [5, 5.41) is 5.21. The summed E-state index contributed by atoms with van der Waals surface area (Å²) < 4.78 is 5.31. The van der Waals surface area contributed by atoms with Crippen molar-refractivity contribution < 1.29 is 14.3 Å². The summed E-state index contributed by atoms with van der Waals surface area (Å²) in [5.74, 6) is -0.958. The summed E-state index contributed by atoms with van der Waals surface area (Å²) in [6.45, 7) is 1.56. The van der Waals surface area contributed by atoms with Gasteiger partial charge in [-0.15, -0.1) is 11.3 Å². The topological polar surface area (TPSA) is 68.3 Å². The molecule has 142 valence electrons. The number of esters is 1. The number of aryl methyl sites for hydroxylation is 2. The number of hydrogen-bond acceptors (Lipinski definition) is 5. The van der Waals surface area contributed by atoms with E-state index in [4.69, 9.17) is 4.74 Å². The molecule has 1 aliphatic carbocycles. The van der Waals surface area contributed by atoms with Crippen LogP contribution in [-0.2, 0) is 22.4 Å². The SMILES string of the molecule is C[C@H](OC(=O)c1csc(-c2ccccc2)n1)C(=O)Nc1ccc2c(c1)CCC2. The first-order chi connectivity index (χ1) is 13.6. The molecular formula is C22H20N2O3S. The van der Waals surface area contributed by atoms with Crippen molar-refractivity contribution in [1.82, 2.24) is 4.98 Å². The number of aromatic nitrogens is 1. The van der Waals surface area contributed by atoms with E-state index >= 15 is 0 Å². The van der Waals surface area contributed by atoms with Crippen LogP contribution in [0.2, 0.25) is 0 Å². The number of carbonyl (C=O) groups is 2. The third-order valence-corrected chi connectivity index (χ3v) is 5.64. The molecule has 0 spiro atoms. The van der Waals surface area contributed by atoms with Gasteiger partial charge in [-0.3, -0.25) is 4.79 Å². The molecule has 4 rings (SSSR count). The highest BCUT2D eigenvalue weighted by Crippen LogP contribution is 2.26. The molecule has 1 amide bonds. The van der Waals surface area contributed by atoms with Gasteiger partial charge in [0.1, 0.15) is 5.01 Å². The van der Waals surface area contributed by atoms with Crippen LogP contribution in [0, 0.1) is 0 Å². The first kappa shape index (κ1) is 18.4. The van der Waals surface area contributed by atoms with Crippen LogP contribution < -0.4 is 5.32 Å². The van der Waals surface area contributed by atoms with E-state index in [1.54, 1.807) is 12.3 Å². The van der Waals surface area contributed by atoms with Gasteiger partial charge in [-0.1, -0.05) is 36.4 Å². The Morgan fingerprint density at radius 2 is 1.89 bits per heavy atom. The fraction of sp³-hybridized carbons (Fsp3) is 0.227. The van der Waals surface area contributed by atoms with Crippen LogP contribution in [0.15, 0.2) is 53.9 Å². The van der Waals surface area contributed by atoms with Gasteiger partial charge in [0, 0.05) is 16.6 Å². The quantitative estimate of drug-likeness (QED) is 0.650. The molecule has 5 nitrogen and oxygen atoms in total. The van der Waals surface area contributed by atoms with E-state index < -0.39 is 12.1 Å². The van der Waals surface area contributed by atoms with Crippen molar-refractivity contribution in [2.75, 3.05) is 5.32 Å². The molecule has 0 saturated carbocycles. The number of carbonyl (C=O) groups excluding carboxylic acids is 2. The minimum atomic E-state index is -0.914. The summed E-state index contributed by atoms with van der Waals surface area (Å²) in [7, 11) is 0. The smallest absolute Gasteiger partial charge is 0.358 e. The van der Waals surface area contributed by atoms with E-state index in [0.29, 0.717) is 0 Å². The monoisotopic (exact) mass is 392 g/mol. The molecule has 3 aromatic rings. The molecule has 1 heterocycles. The molecule has 0 bridgehead atoms. The first-order valence-corrected chi connectivity index (χ1v) is 10.1. The van der Waals surface area contributed by atoms with Gasteiger partial charge in [-0.05, 0) is 49.4 Å². The Balaban J connectivity index is 1.37. The molecule has 28 heavy (non-hydrogen) atoms. The number of fused-ring (bicyclic) bond motifs is 1. The molecule has 2 aromatic carbocycles. The number of anilines is 1. The molecule has 0 fully saturated rings. The molecule has 1 atom stereocenters. The van der Waals surface area contributed by atoms with E-state index in [9.17, 15) is 9.59 Å². The second-order valence-corrected chi connectivity index (χ2v) is 7.64. The minimum absolute atomic E-state index is 0.209. The van der Waals surface area contributed by atoms with Crippen molar-refractivity contribution in [2.45, 2.75) is 32.3 Å². The largest absolute Gasteiger partial charge is 0.448 e. The molecule has 0 unspecified atom stereocenters. The van der Waals surface area contributed by atoms with Gasteiger partial charge in [0.2, 0.25) is 0 Å². The molecule has 0 aliphatic heterocycles. The Hall–Kier alpha value is -2.99. The van der Waals surface area contributed by atoms with Crippen LogP contribution in [0.3, 0.4) is 0 Å². The third-order valence-electron chi connectivity index (χ3n) is 4.75. The Morgan fingerprint density at radius 1 is 1.11 bits per heavy atom. The molecular weight excluding hydrogens is 372 g/mol. The second kappa shape index (κ2) is 7.94. The first-order valence-electron chi connectivity index (χ1n) is 9.25. The summed E-state index contributed by atoms with van der Waals surface area (Å²) >= 11 is 1.37. The summed E-state index contributed by atoms with van der Waals surface area (Å²) in [6, 6.07) is 15.6. The average molecular weight is 392 g/mol. The number of rotatable bonds is 5. The Morgan fingerprint density at radius 3 is 2.71 bits per heavy atom. The van der Waals surface area contributed by atoms with Gasteiger partial charge in [0.15, 0.2) is 11.8 Å². The fourth-order valence-corrected chi connectivity index (χ4v) is 4.04. The van der Waals surface area contributed by atoms with Gasteiger partial charge >= 0.3 is 5.97 Å². The number of benzene rings is 2. The number of thiazole rings is 1. The summed E-state index contributed by atoms with van der Waals surface area (Å²) in [5.41, 5.74) is 4.50. The van der Waals surface area contributed by atoms with Crippen molar-refractivity contribution >= 4 is 28.9 Å². The summed E-state index contributed by atoms with van der Waals surface area (Å²) in [4.78, 5) is 29.1. The zero-order valence-corrected chi connectivity index (χ0v) is 16.3. The highest BCUT2D eigenvalue weighted by molar-refractivity contribution is 7.13. The third kappa shape index (κ3) is 3.97. The Bertz CT molecular complexity index is 1010. The maximum atomic E-state index is 12.4. The normalized spacial score (nSPS) is 13.6. The van der Waals surface area contributed by atoms with Crippen molar-refractivity contribution in [3.63, 3.8) is 0 Å². The highest BCUT2D eigenvalue weighted by Gasteiger charge is 2.22. The van der Waals surface area contributed by atoms with E-state index in [-0.39, 0.29) is 11.6 Å². The molecule has 1 N–H and O–H groups in total. The van der Waals surface area contributed by atoms with Crippen LogP contribution in [0.5, 0.6) is 0 Å². The van der Waals surface area contributed by atoms with E-state index in [0.717, 1.165) is 35.5 Å². The van der Waals surface area contributed by atoms with Gasteiger partial charge < -0.3 is 10.1 Å². The van der Waals surface area contributed by atoms with E-state index in [1.165, 1.54) is 22.5 Å². The Labute approximate surface area is 167 Å². The maximum Gasteiger partial charge on any atom is 0.358 e. The second-order valence-electron chi connectivity index (χ2n) is 6.78. The predicted octanol–water partition coefficient (Wildman–Crippen LogP) is 4.48. The number of hydrogen-bond donors (Lipinski definition) is 1. The van der Waals surface area contributed by atoms with Gasteiger partial charge in [0.05, 0.1) is 0 Å². The van der Waals surface area contributed by atoms with Gasteiger partial charge in [-0.2, -0.15) is 0 Å². The summed E-state index contributed by atoms with van der Waals surface area (Å²) in [6.07, 6.45) is 2.37. The predicted molar refractivity (Wildman–Crippen MR) is 110 cm³/mol. The van der Waals surface area contributed by atoms with Crippen LogP contribution in [0.25, 0.3) is 10.6 Å². The number of ether oxygens (including phenoxy) is 1. The van der Waals surface area contributed by atoms with Crippen LogP contribution in [-0.4, -0.2) is 23.0 Å². The van der Waals surface area contributed by atoms with Gasteiger partial charge in [-0.25, -0.2) is 9.78 Å². The van der Waals surface area contributed by atoms with Crippen LogP contribution in [0.4, 0.5) is 5.69 Å². The van der Waals surface area contributed by atoms with Crippen molar-refractivity contribution in [2.24, 2.45) is 0 Å². The highest BCUT2D eigenvalue weighted by atomic mass is 32.1. The standard InChI is InChI=1S/C22H20N2O3S/c1-14(20(25)23-18-11-10-15-8-5-9-17(15)12-18)27-22(26)19-13-28-21(24-19)16-6-3-2-4-7-16/h2-4,6-7,10-14H,5,8-9H2,1H3,(H,23,25)/t14-/m0/s1. The lowest BCUT2D eigenvalue weighted by atomic mass is 10.1. The maximum absolute atomic E-state index is 12.4. The van der Waals surface area contributed by atoms with Crippen LogP contribution >= 0.6 is 11.3 Å². The number of nitrogens with one attached hydrogen (secondary N) is 1. The van der Waals surface area contributed by atoms with Crippen LogP contribution in [0.1, 0.15) is 35.0 Å². The number of amides is 1. The average Bonchev–Trinajstić information content (AvgIpc) is 3.38. The number of nitrogens with zero attached hydrogens (tertiary/aromatic N) is 1. The molecule has 1 aliphatic rings. The lowest BCUT2D eigenvalue weighted by Crippen LogP contribution is -2.30. The minimum Gasteiger partial charge on any atom is -0.448 e. The van der Waals surface area contributed by atoms with E-state index in [2.05, 4.69) is 16.4 Å². The zero-order valence-electron chi connectivity index (χ0n) is 15.5. The molecule has 6 heteroatoms. The lowest BCUT2D eigenvalue weighted by molar-refractivity contribution is -0.123. The van der Waals surface area contributed by atoms with Crippen molar-refractivity contribution in [1.29, 1.82) is 0 Å². The Kier molecular flexibility index (Phi) is 5.21. The fourth-order valence-electron chi connectivity index (χ4n) is 3.25. The lowest BCUT2D eigenvalue weighted by Gasteiger charge is -2.13. The molecule has 0 saturated heterocycles. The van der Waals surface area contributed by atoms with Gasteiger partial charge in [0.25, 0.3) is 5.91 Å². The zero-order chi connectivity index (χ0) is 19.5. The molecule has 0 radical (unpaired) electrons. The van der Waals surface area contributed by atoms with Crippen molar-refractivity contribution in [3.05, 3.63) is 70.7 Å². The molecule has 1 aromatic heterocycles. The van der Waals surface area contributed by atoms with E-state index in [1.807, 2.05) is 42.5 Å². The van der Waals surface area contributed by atoms with Crippen molar-refractivity contribution in [3.8, 4) is 10.6 Å².